The van der Waals surface area contributed by atoms with Gasteiger partial charge in [-0.05, 0) is 24.3 Å². The molecule has 0 aliphatic carbocycles. The van der Waals surface area contributed by atoms with Crippen molar-refractivity contribution in [3.8, 4) is 0 Å². The Bertz CT molecular complexity index is 967. The largest absolute Gasteiger partial charge is 0.468 e. The van der Waals surface area contributed by atoms with Crippen LogP contribution in [0.3, 0.4) is 0 Å². The number of hydrogen-bond donors (Lipinski definition) is 1. The molecule has 0 saturated heterocycles. The molecule has 2 rings (SSSR count). The predicted molar refractivity (Wildman–Crippen MR) is 93.0 cm³/mol. The number of benzene rings is 1. The summed E-state index contributed by atoms with van der Waals surface area (Å²) in [7, 11) is -6.09. The molecule has 0 aliphatic heterocycles. The zero-order valence-corrected chi connectivity index (χ0v) is 16.3. The normalized spacial score (nSPS) is 11.9. The molecular formula is C12H13N3O6S4. The third-order valence-electron chi connectivity index (χ3n) is 2.73. The summed E-state index contributed by atoms with van der Waals surface area (Å²) < 4.78 is 54.5. The maximum absolute atomic E-state index is 12.3. The van der Waals surface area contributed by atoms with Gasteiger partial charge in [0.2, 0.25) is 5.13 Å². The number of sulfone groups is 1. The fraction of sp³-hybridized carbons (Fsp3) is 0.250. The molecule has 0 saturated carbocycles. The summed E-state index contributed by atoms with van der Waals surface area (Å²) in [5.74, 6) is -0.404. The Kier molecular flexibility index (Phi) is 6.03. The molecule has 0 amide bonds. The van der Waals surface area contributed by atoms with Crippen LogP contribution in [0.15, 0.2) is 38.4 Å². The number of aromatic nitrogens is 2. The van der Waals surface area contributed by atoms with E-state index in [1.54, 1.807) is 0 Å². The van der Waals surface area contributed by atoms with Crippen LogP contribution in [0.2, 0.25) is 0 Å². The van der Waals surface area contributed by atoms with Crippen LogP contribution in [-0.2, 0) is 29.4 Å². The second kappa shape index (κ2) is 7.68. The van der Waals surface area contributed by atoms with Crippen molar-refractivity contribution in [2.24, 2.45) is 0 Å². The number of carbonyl (C=O) groups is 1. The Morgan fingerprint density at radius 2 is 1.76 bits per heavy atom. The minimum absolute atomic E-state index is 0.0175. The summed E-state index contributed by atoms with van der Waals surface area (Å²) in [6.45, 7) is 0. The van der Waals surface area contributed by atoms with Crippen molar-refractivity contribution in [3.63, 3.8) is 0 Å². The lowest BCUT2D eigenvalue weighted by molar-refractivity contribution is -0.137. The molecule has 0 radical (unpaired) electrons. The second-order valence-electron chi connectivity index (χ2n) is 4.59. The first-order valence-corrected chi connectivity index (χ1v) is 11.7. The van der Waals surface area contributed by atoms with Gasteiger partial charge >= 0.3 is 5.97 Å². The van der Waals surface area contributed by atoms with E-state index in [4.69, 9.17) is 0 Å². The van der Waals surface area contributed by atoms with Crippen LogP contribution >= 0.6 is 23.1 Å². The quantitative estimate of drug-likeness (QED) is 0.511. The number of ether oxygens (including phenoxy) is 1. The highest BCUT2D eigenvalue weighted by atomic mass is 32.2. The summed E-state index contributed by atoms with van der Waals surface area (Å²) in [4.78, 5) is 11.0. The van der Waals surface area contributed by atoms with Gasteiger partial charge in [0.25, 0.3) is 10.0 Å². The van der Waals surface area contributed by atoms with Gasteiger partial charge in [0.05, 0.1) is 22.7 Å². The number of nitrogens with zero attached hydrogens (tertiary/aromatic N) is 2. The van der Waals surface area contributed by atoms with Crippen LogP contribution in [0.5, 0.6) is 0 Å². The monoisotopic (exact) mass is 423 g/mol. The summed E-state index contributed by atoms with van der Waals surface area (Å²) in [6.07, 6.45) is 1.03. The van der Waals surface area contributed by atoms with E-state index in [9.17, 15) is 21.6 Å². The minimum Gasteiger partial charge on any atom is -0.468 e. The van der Waals surface area contributed by atoms with E-state index in [1.165, 1.54) is 31.4 Å². The van der Waals surface area contributed by atoms with Gasteiger partial charge in [-0.1, -0.05) is 23.1 Å². The molecule has 136 valence electrons. The van der Waals surface area contributed by atoms with Gasteiger partial charge in [0.1, 0.15) is 0 Å². The van der Waals surface area contributed by atoms with Crippen LogP contribution in [0.25, 0.3) is 0 Å². The first kappa shape index (κ1) is 19.6. The van der Waals surface area contributed by atoms with Crippen molar-refractivity contribution in [2.45, 2.75) is 14.1 Å². The average Bonchev–Trinajstić information content (AvgIpc) is 2.98. The zero-order valence-electron chi connectivity index (χ0n) is 13.0. The number of methoxy groups -OCH3 is 1. The number of esters is 1. The molecule has 1 heterocycles. The molecule has 0 fully saturated rings. The summed E-state index contributed by atoms with van der Waals surface area (Å²) in [6, 6.07) is 4.79. The highest BCUT2D eigenvalue weighted by Gasteiger charge is 2.18. The number of hydrogen-bond acceptors (Lipinski definition) is 10. The van der Waals surface area contributed by atoms with Crippen LogP contribution < -0.4 is 4.72 Å². The Balaban J connectivity index is 2.11. The number of nitrogens with one attached hydrogen (secondary N) is 1. The van der Waals surface area contributed by atoms with E-state index in [2.05, 4.69) is 19.7 Å². The topological polar surface area (TPSA) is 132 Å². The fourth-order valence-electron chi connectivity index (χ4n) is 1.53. The average molecular weight is 424 g/mol. The van der Waals surface area contributed by atoms with Gasteiger partial charge in [-0.15, -0.1) is 10.2 Å². The van der Waals surface area contributed by atoms with E-state index < -0.39 is 25.8 Å². The van der Waals surface area contributed by atoms with E-state index in [-0.39, 0.29) is 20.7 Å². The molecule has 1 aromatic carbocycles. The number of thioether (sulfide) groups is 1. The molecular weight excluding hydrogens is 410 g/mol. The van der Waals surface area contributed by atoms with Crippen LogP contribution in [0.1, 0.15) is 0 Å². The summed E-state index contributed by atoms with van der Waals surface area (Å²) in [5, 5.41) is 7.49. The summed E-state index contributed by atoms with van der Waals surface area (Å²) >= 11 is 2.03. The molecule has 0 spiro atoms. The minimum atomic E-state index is -3.94. The molecule has 2 aromatic rings. The first-order chi connectivity index (χ1) is 11.6. The molecule has 0 aliphatic rings. The molecule has 0 unspecified atom stereocenters. The zero-order chi connectivity index (χ0) is 18.7. The molecule has 0 atom stereocenters. The SMILES string of the molecule is COC(=O)CSc1nnc(NS(=O)(=O)c2ccc(S(C)(=O)=O)cc2)s1. The lowest BCUT2D eigenvalue weighted by Crippen LogP contribution is -2.13. The Morgan fingerprint density at radius 3 is 2.32 bits per heavy atom. The molecule has 13 heteroatoms. The van der Waals surface area contributed by atoms with Crippen molar-refractivity contribution in [3.05, 3.63) is 24.3 Å². The van der Waals surface area contributed by atoms with Gasteiger partial charge in [-0.25, -0.2) is 16.8 Å². The van der Waals surface area contributed by atoms with E-state index in [0.717, 1.165) is 29.4 Å². The van der Waals surface area contributed by atoms with E-state index in [0.29, 0.717) is 4.34 Å². The Hall–Kier alpha value is -1.70. The fourth-order valence-corrected chi connectivity index (χ4v) is 4.97. The van der Waals surface area contributed by atoms with Crippen LogP contribution in [0.4, 0.5) is 5.13 Å². The molecule has 9 nitrogen and oxygen atoms in total. The lowest BCUT2D eigenvalue weighted by atomic mass is 10.4. The highest BCUT2D eigenvalue weighted by Crippen LogP contribution is 2.27. The van der Waals surface area contributed by atoms with Crippen molar-refractivity contribution < 1.29 is 26.4 Å². The van der Waals surface area contributed by atoms with E-state index >= 15 is 0 Å². The smallest absolute Gasteiger partial charge is 0.316 e. The third kappa shape index (κ3) is 5.39. The molecule has 0 bridgehead atoms. The standard InChI is InChI=1S/C12H13N3O6S4/c1-21-10(16)7-22-12-14-13-11(23-12)15-25(19,20)9-5-3-8(4-6-9)24(2,17)18/h3-6H,7H2,1-2H3,(H,13,15). The van der Waals surface area contributed by atoms with Gasteiger partial charge in [-0.2, -0.15) is 0 Å². The maximum Gasteiger partial charge on any atom is 0.316 e. The van der Waals surface area contributed by atoms with Gasteiger partial charge < -0.3 is 4.74 Å². The maximum atomic E-state index is 12.3. The molecule has 1 aromatic heterocycles. The number of sulfonamides is 1. The molecule has 25 heavy (non-hydrogen) atoms. The Labute approximate surface area is 152 Å². The van der Waals surface area contributed by atoms with Crippen molar-refractivity contribution in [2.75, 3.05) is 23.8 Å². The van der Waals surface area contributed by atoms with Crippen LogP contribution in [-0.4, -0.2) is 52.1 Å². The van der Waals surface area contributed by atoms with Crippen molar-refractivity contribution >= 4 is 54.1 Å². The van der Waals surface area contributed by atoms with Gasteiger partial charge in [0, 0.05) is 6.26 Å². The lowest BCUT2D eigenvalue weighted by Gasteiger charge is -2.05. The van der Waals surface area contributed by atoms with Crippen LogP contribution in [0, 0.1) is 0 Å². The third-order valence-corrected chi connectivity index (χ3v) is 7.29. The van der Waals surface area contributed by atoms with E-state index in [1.807, 2.05) is 0 Å². The number of anilines is 1. The Morgan fingerprint density at radius 1 is 1.16 bits per heavy atom. The highest BCUT2D eigenvalue weighted by molar-refractivity contribution is 8.01. The number of carbonyl (C=O) groups excluding carboxylic acids is 1. The second-order valence-corrected chi connectivity index (χ2v) is 10.5. The van der Waals surface area contributed by atoms with Crippen molar-refractivity contribution in [1.82, 2.24) is 10.2 Å². The number of rotatable bonds is 7. The summed E-state index contributed by atoms with van der Waals surface area (Å²) in [5.41, 5.74) is 0. The van der Waals surface area contributed by atoms with Gasteiger partial charge in [0.15, 0.2) is 14.2 Å². The molecule has 1 N–H and O–H groups in total. The first-order valence-electron chi connectivity index (χ1n) is 6.48. The van der Waals surface area contributed by atoms with Gasteiger partial charge in [-0.3, -0.25) is 9.52 Å². The predicted octanol–water partition coefficient (Wildman–Crippen LogP) is 1.01. The van der Waals surface area contributed by atoms with Crippen molar-refractivity contribution in [1.29, 1.82) is 0 Å².